The Labute approximate surface area is 202 Å². The second kappa shape index (κ2) is 11.5. The van der Waals surface area contributed by atoms with Gasteiger partial charge in [0.05, 0.1) is 16.5 Å². The van der Waals surface area contributed by atoms with Gasteiger partial charge in [0.1, 0.15) is 5.00 Å². The third-order valence-corrected chi connectivity index (χ3v) is 6.31. The monoisotopic (exact) mass is 496 g/mol. The van der Waals surface area contributed by atoms with Gasteiger partial charge in [0.15, 0.2) is 0 Å². The summed E-state index contributed by atoms with van der Waals surface area (Å²) in [5.74, 6) is -1.26. The van der Waals surface area contributed by atoms with Crippen molar-refractivity contribution in [1.82, 2.24) is 4.90 Å². The Bertz CT molecular complexity index is 1040. The van der Waals surface area contributed by atoms with Crippen molar-refractivity contribution in [2.45, 2.75) is 40.7 Å². The summed E-state index contributed by atoms with van der Waals surface area (Å²) >= 11 is 13.1. The number of hydrogen-bond donors (Lipinski definition) is 1. The van der Waals surface area contributed by atoms with Crippen molar-refractivity contribution >= 4 is 63.4 Å². The molecule has 0 aliphatic rings. The lowest BCUT2D eigenvalue weighted by Crippen LogP contribution is -2.30. The maximum absolute atomic E-state index is 12.9. The molecule has 0 spiro atoms. The van der Waals surface area contributed by atoms with Crippen LogP contribution < -0.4 is 5.32 Å². The van der Waals surface area contributed by atoms with E-state index in [9.17, 15) is 14.4 Å². The molecule has 0 aliphatic carbocycles. The van der Waals surface area contributed by atoms with E-state index >= 15 is 0 Å². The van der Waals surface area contributed by atoms with Gasteiger partial charge in [0, 0.05) is 29.2 Å². The van der Waals surface area contributed by atoms with E-state index in [0.29, 0.717) is 39.1 Å². The molecule has 2 aromatic rings. The van der Waals surface area contributed by atoms with Crippen LogP contribution in [0.15, 0.2) is 24.3 Å². The van der Waals surface area contributed by atoms with Gasteiger partial charge in [-0.3, -0.25) is 9.59 Å². The average Bonchev–Trinajstić information content (AvgIpc) is 3.03. The predicted octanol–water partition coefficient (Wildman–Crippen LogP) is 6.06. The molecule has 0 saturated carbocycles. The molecule has 6 nitrogen and oxygen atoms in total. The summed E-state index contributed by atoms with van der Waals surface area (Å²) in [7, 11) is 0. The molecule has 2 rings (SSSR count). The van der Waals surface area contributed by atoms with Crippen molar-refractivity contribution in [2.75, 3.05) is 18.4 Å². The van der Waals surface area contributed by atoms with Gasteiger partial charge in [0.2, 0.25) is 5.91 Å². The molecule has 172 valence electrons. The summed E-state index contributed by atoms with van der Waals surface area (Å²) in [4.78, 5) is 40.3. The zero-order valence-electron chi connectivity index (χ0n) is 18.6. The third-order valence-electron chi connectivity index (χ3n) is 4.55. The molecule has 2 amide bonds. The Balaban J connectivity index is 2.38. The maximum atomic E-state index is 12.9. The fourth-order valence-corrected chi connectivity index (χ4v) is 4.57. The van der Waals surface area contributed by atoms with E-state index < -0.39 is 11.9 Å². The van der Waals surface area contributed by atoms with E-state index in [1.54, 1.807) is 49.9 Å². The summed E-state index contributed by atoms with van der Waals surface area (Å²) in [6, 6.07) is 4.93. The quantitative estimate of drug-likeness (QED) is 0.355. The number of nitrogens with zero attached hydrogens (tertiary/aromatic N) is 1. The van der Waals surface area contributed by atoms with Crippen molar-refractivity contribution in [2.24, 2.45) is 0 Å². The number of halogens is 2. The number of nitrogens with one attached hydrogen (secondary N) is 1. The molecular formula is C23H26Cl2N2O4S. The van der Waals surface area contributed by atoms with Gasteiger partial charge in [-0.05, 0) is 64.0 Å². The Morgan fingerprint density at radius 2 is 1.84 bits per heavy atom. The van der Waals surface area contributed by atoms with E-state index in [0.717, 1.165) is 11.3 Å². The minimum atomic E-state index is -0.590. The number of carbonyl (C=O) groups excluding carboxylic acids is 3. The van der Waals surface area contributed by atoms with Gasteiger partial charge in [-0.2, -0.15) is 0 Å². The van der Waals surface area contributed by atoms with Gasteiger partial charge < -0.3 is 15.0 Å². The number of benzene rings is 1. The number of rotatable bonds is 8. The van der Waals surface area contributed by atoms with Crippen molar-refractivity contribution in [3.63, 3.8) is 0 Å². The fraction of sp³-hybridized carbons (Fsp3) is 0.348. The van der Waals surface area contributed by atoms with Crippen LogP contribution in [0.1, 0.15) is 58.9 Å². The Morgan fingerprint density at radius 3 is 2.41 bits per heavy atom. The van der Waals surface area contributed by atoms with Crippen LogP contribution in [0.4, 0.5) is 5.00 Å². The smallest absolute Gasteiger partial charge is 0.341 e. The van der Waals surface area contributed by atoms with Gasteiger partial charge in [-0.1, -0.05) is 29.3 Å². The standard InChI is InChI=1S/C23H26Cl2N2O4S/c1-6-27(7-2)22(29)20-14(5)19(23(30)31-13(3)4)21(32-20)26-18(28)11-9-15-8-10-16(24)12-17(15)25/h8-13H,6-7H2,1-5H3,(H,26,28)/b11-9+. The summed E-state index contributed by atoms with van der Waals surface area (Å²) in [5, 5.41) is 3.87. The van der Waals surface area contributed by atoms with Gasteiger partial charge in [0.25, 0.3) is 5.91 Å². The molecule has 0 aliphatic heterocycles. The molecule has 0 radical (unpaired) electrons. The summed E-state index contributed by atoms with van der Waals surface area (Å²) in [6.07, 6.45) is 2.50. The van der Waals surface area contributed by atoms with Crippen molar-refractivity contribution in [3.8, 4) is 0 Å². The number of ether oxygens (including phenoxy) is 1. The normalized spacial score (nSPS) is 11.1. The Hall–Kier alpha value is -2.35. The van der Waals surface area contributed by atoms with Crippen LogP contribution in [0.2, 0.25) is 10.0 Å². The first-order valence-electron chi connectivity index (χ1n) is 10.2. The van der Waals surface area contributed by atoms with Crippen LogP contribution in [0.5, 0.6) is 0 Å². The number of carbonyl (C=O) groups is 3. The zero-order chi connectivity index (χ0) is 24.0. The molecular weight excluding hydrogens is 471 g/mol. The van der Waals surface area contributed by atoms with Gasteiger partial charge in [-0.15, -0.1) is 11.3 Å². The van der Waals surface area contributed by atoms with Crippen LogP contribution in [0.3, 0.4) is 0 Å². The highest BCUT2D eigenvalue weighted by molar-refractivity contribution is 7.18. The lowest BCUT2D eigenvalue weighted by molar-refractivity contribution is -0.111. The molecule has 0 fully saturated rings. The predicted molar refractivity (Wildman–Crippen MR) is 131 cm³/mol. The van der Waals surface area contributed by atoms with E-state index in [1.807, 2.05) is 13.8 Å². The first-order chi connectivity index (χ1) is 15.1. The lowest BCUT2D eigenvalue weighted by atomic mass is 10.1. The molecule has 1 aromatic carbocycles. The summed E-state index contributed by atoms with van der Waals surface area (Å²) in [5.41, 5.74) is 1.29. The SMILES string of the molecule is CCN(CC)C(=O)c1sc(NC(=O)/C=C/c2ccc(Cl)cc2Cl)c(C(=O)OC(C)C)c1C. The van der Waals surface area contributed by atoms with Crippen LogP contribution in [-0.4, -0.2) is 41.9 Å². The first kappa shape index (κ1) is 25.9. The van der Waals surface area contributed by atoms with Gasteiger partial charge in [-0.25, -0.2) is 4.79 Å². The highest BCUT2D eigenvalue weighted by Crippen LogP contribution is 2.35. The minimum Gasteiger partial charge on any atom is -0.459 e. The molecule has 0 atom stereocenters. The number of hydrogen-bond acceptors (Lipinski definition) is 5. The fourth-order valence-electron chi connectivity index (χ4n) is 2.93. The molecule has 1 N–H and O–H groups in total. The molecule has 0 bridgehead atoms. The molecule has 0 unspecified atom stereocenters. The summed E-state index contributed by atoms with van der Waals surface area (Å²) < 4.78 is 5.35. The molecule has 1 heterocycles. The lowest BCUT2D eigenvalue weighted by Gasteiger charge is -2.18. The van der Waals surface area contributed by atoms with Crippen LogP contribution in [-0.2, 0) is 9.53 Å². The molecule has 1 aromatic heterocycles. The molecule has 0 saturated heterocycles. The zero-order valence-corrected chi connectivity index (χ0v) is 21.0. The second-order valence-electron chi connectivity index (χ2n) is 7.18. The van der Waals surface area contributed by atoms with Gasteiger partial charge >= 0.3 is 5.97 Å². The van der Waals surface area contributed by atoms with E-state index in [4.69, 9.17) is 27.9 Å². The van der Waals surface area contributed by atoms with Crippen LogP contribution in [0, 0.1) is 6.92 Å². The topological polar surface area (TPSA) is 75.7 Å². The number of esters is 1. The Kier molecular flexibility index (Phi) is 9.31. The van der Waals surface area contributed by atoms with Crippen LogP contribution in [0.25, 0.3) is 6.08 Å². The van der Waals surface area contributed by atoms with E-state index in [2.05, 4.69) is 5.32 Å². The third kappa shape index (κ3) is 6.34. The number of thiophene rings is 1. The first-order valence-corrected chi connectivity index (χ1v) is 11.7. The second-order valence-corrected chi connectivity index (χ2v) is 9.04. The minimum absolute atomic E-state index is 0.186. The van der Waals surface area contributed by atoms with E-state index in [1.165, 1.54) is 6.08 Å². The Morgan fingerprint density at radius 1 is 1.19 bits per heavy atom. The maximum Gasteiger partial charge on any atom is 0.341 e. The van der Waals surface area contributed by atoms with Crippen molar-refractivity contribution in [1.29, 1.82) is 0 Å². The van der Waals surface area contributed by atoms with Crippen LogP contribution >= 0.6 is 34.5 Å². The highest BCUT2D eigenvalue weighted by atomic mass is 35.5. The number of amides is 2. The summed E-state index contributed by atoms with van der Waals surface area (Å²) in [6.45, 7) is 9.98. The molecule has 9 heteroatoms. The van der Waals surface area contributed by atoms with Crippen molar-refractivity contribution < 1.29 is 19.1 Å². The van der Waals surface area contributed by atoms with E-state index in [-0.39, 0.29) is 22.6 Å². The number of anilines is 1. The average molecular weight is 497 g/mol. The molecule has 32 heavy (non-hydrogen) atoms. The van der Waals surface area contributed by atoms with Crippen molar-refractivity contribution in [3.05, 3.63) is 55.9 Å². The largest absolute Gasteiger partial charge is 0.459 e. The highest BCUT2D eigenvalue weighted by Gasteiger charge is 2.28.